The topological polar surface area (TPSA) is 85.1 Å². The highest BCUT2D eigenvalue weighted by Gasteiger charge is 2.17. The van der Waals surface area contributed by atoms with Crippen LogP contribution in [0.3, 0.4) is 0 Å². The number of nitro groups is 1. The molecule has 1 N–H and O–H groups in total. The molecule has 0 aliphatic carbocycles. The molecule has 0 atom stereocenters. The van der Waals surface area contributed by atoms with Gasteiger partial charge in [0, 0.05) is 29.9 Å². The number of ketones is 1. The first kappa shape index (κ1) is 14.6. The van der Waals surface area contributed by atoms with Crippen LogP contribution in [-0.2, 0) is 0 Å². The number of aromatic nitrogens is 1. The minimum Gasteiger partial charge on any atom is -0.370 e. The highest BCUT2D eigenvalue weighted by Crippen LogP contribution is 2.21. The molecule has 0 radical (unpaired) electrons. The quantitative estimate of drug-likeness (QED) is 0.518. The van der Waals surface area contributed by atoms with Crippen molar-refractivity contribution in [2.75, 3.05) is 11.9 Å². The average Bonchev–Trinajstić information content (AvgIpc) is 2.47. The Morgan fingerprint density at radius 3 is 2.76 bits per heavy atom. The Bertz CT molecular complexity index is 698. The van der Waals surface area contributed by atoms with E-state index >= 15 is 0 Å². The van der Waals surface area contributed by atoms with Gasteiger partial charge in [-0.15, -0.1) is 0 Å². The van der Waals surface area contributed by atoms with Gasteiger partial charge < -0.3 is 5.32 Å². The number of aryl methyl sites for hydroxylation is 1. The SMILES string of the molecule is CCNc1nc(C)ccc1C(=O)c1cccc([N+](=O)[O-])c1. The molecule has 0 unspecified atom stereocenters. The van der Waals surface area contributed by atoms with Crippen LogP contribution in [0.4, 0.5) is 11.5 Å². The maximum absolute atomic E-state index is 12.5. The molecule has 1 aromatic heterocycles. The largest absolute Gasteiger partial charge is 0.370 e. The van der Waals surface area contributed by atoms with Gasteiger partial charge in [0.15, 0.2) is 5.78 Å². The second-order valence-corrected chi connectivity index (χ2v) is 4.52. The Balaban J connectivity index is 2.44. The first-order chi connectivity index (χ1) is 10.0. The number of carbonyl (C=O) groups excluding carboxylic acids is 1. The molecule has 21 heavy (non-hydrogen) atoms. The third-order valence-electron chi connectivity index (χ3n) is 2.94. The van der Waals surface area contributed by atoms with Gasteiger partial charge in [0.2, 0.25) is 0 Å². The van der Waals surface area contributed by atoms with Gasteiger partial charge in [-0.2, -0.15) is 0 Å². The molecule has 0 bridgehead atoms. The summed E-state index contributed by atoms with van der Waals surface area (Å²) in [7, 11) is 0. The van der Waals surface area contributed by atoms with Gasteiger partial charge >= 0.3 is 0 Å². The Labute approximate surface area is 122 Å². The van der Waals surface area contributed by atoms with Crippen LogP contribution in [0.1, 0.15) is 28.5 Å². The van der Waals surface area contributed by atoms with Crippen molar-refractivity contribution in [2.24, 2.45) is 0 Å². The van der Waals surface area contributed by atoms with Gasteiger partial charge in [0.1, 0.15) is 5.82 Å². The minimum atomic E-state index is -0.518. The van der Waals surface area contributed by atoms with Crippen molar-refractivity contribution in [3.05, 3.63) is 63.3 Å². The summed E-state index contributed by atoms with van der Waals surface area (Å²) in [6.45, 7) is 4.37. The van der Waals surface area contributed by atoms with Crippen LogP contribution in [0.5, 0.6) is 0 Å². The molecule has 2 rings (SSSR count). The van der Waals surface area contributed by atoms with Gasteiger partial charge in [-0.05, 0) is 26.0 Å². The minimum absolute atomic E-state index is 0.106. The Morgan fingerprint density at radius 2 is 2.10 bits per heavy atom. The van der Waals surface area contributed by atoms with Crippen molar-refractivity contribution in [3.8, 4) is 0 Å². The van der Waals surface area contributed by atoms with E-state index in [9.17, 15) is 14.9 Å². The summed E-state index contributed by atoms with van der Waals surface area (Å²) in [5.41, 5.74) is 1.37. The zero-order valence-corrected chi connectivity index (χ0v) is 11.8. The summed E-state index contributed by atoms with van der Waals surface area (Å²) in [4.78, 5) is 27.1. The Morgan fingerprint density at radius 1 is 1.33 bits per heavy atom. The summed E-state index contributed by atoms with van der Waals surface area (Å²) in [6, 6.07) is 9.12. The summed E-state index contributed by atoms with van der Waals surface area (Å²) in [6.07, 6.45) is 0. The molecule has 0 fully saturated rings. The fourth-order valence-corrected chi connectivity index (χ4v) is 1.96. The maximum atomic E-state index is 12.5. The average molecular weight is 285 g/mol. The van der Waals surface area contributed by atoms with E-state index in [0.717, 1.165) is 5.69 Å². The number of pyridine rings is 1. The molecule has 0 amide bonds. The Kier molecular flexibility index (Phi) is 4.27. The molecule has 0 saturated heterocycles. The molecule has 1 heterocycles. The van der Waals surface area contributed by atoms with Gasteiger partial charge in [-0.1, -0.05) is 12.1 Å². The molecule has 108 valence electrons. The zero-order valence-electron chi connectivity index (χ0n) is 11.8. The van der Waals surface area contributed by atoms with Crippen LogP contribution >= 0.6 is 0 Å². The molecular weight excluding hydrogens is 270 g/mol. The number of carbonyl (C=O) groups is 1. The fraction of sp³-hybridized carbons (Fsp3) is 0.200. The number of nitro benzene ring substituents is 1. The molecule has 0 aliphatic heterocycles. The third-order valence-corrected chi connectivity index (χ3v) is 2.94. The predicted molar refractivity (Wildman–Crippen MR) is 79.7 cm³/mol. The van der Waals surface area contributed by atoms with Gasteiger partial charge in [-0.25, -0.2) is 4.98 Å². The predicted octanol–water partition coefficient (Wildman–Crippen LogP) is 2.96. The second kappa shape index (κ2) is 6.13. The van der Waals surface area contributed by atoms with Gasteiger partial charge in [-0.3, -0.25) is 14.9 Å². The van der Waals surface area contributed by atoms with E-state index in [-0.39, 0.29) is 17.0 Å². The Hall–Kier alpha value is -2.76. The normalized spacial score (nSPS) is 10.2. The summed E-state index contributed by atoms with van der Waals surface area (Å²) in [5.74, 6) is 0.205. The molecule has 0 saturated carbocycles. The van der Waals surface area contributed by atoms with Crippen LogP contribution in [0, 0.1) is 17.0 Å². The first-order valence-electron chi connectivity index (χ1n) is 6.53. The van der Waals surface area contributed by atoms with Crippen LogP contribution in [0.15, 0.2) is 36.4 Å². The highest BCUT2D eigenvalue weighted by atomic mass is 16.6. The van der Waals surface area contributed by atoms with Crippen molar-refractivity contribution in [1.82, 2.24) is 4.98 Å². The highest BCUT2D eigenvalue weighted by molar-refractivity contribution is 6.12. The number of non-ortho nitro benzene ring substituents is 1. The number of hydrogen-bond acceptors (Lipinski definition) is 5. The standard InChI is InChI=1S/C15H15N3O3/c1-3-16-15-13(8-7-10(2)17-15)14(19)11-5-4-6-12(9-11)18(20)21/h4-9H,3H2,1-2H3,(H,16,17). The number of hydrogen-bond donors (Lipinski definition) is 1. The summed E-state index contributed by atoms with van der Waals surface area (Å²) in [5, 5.41) is 13.8. The third kappa shape index (κ3) is 3.22. The van der Waals surface area contributed by atoms with E-state index < -0.39 is 4.92 Å². The molecule has 1 aromatic carbocycles. The van der Waals surface area contributed by atoms with Crippen molar-refractivity contribution < 1.29 is 9.72 Å². The molecule has 6 heteroatoms. The zero-order chi connectivity index (χ0) is 15.4. The number of rotatable bonds is 5. The molecule has 0 spiro atoms. The van der Waals surface area contributed by atoms with Crippen LogP contribution in [-0.4, -0.2) is 22.2 Å². The molecule has 0 aliphatic rings. The van der Waals surface area contributed by atoms with Crippen molar-refractivity contribution in [2.45, 2.75) is 13.8 Å². The van der Waals surface area contributed by atoms with E-state index in [2.05, 4.69) is 10.3 Å². The molecule has 2 aromatic rings. The van der Waals surface area contributed by atoms with Gasteiger partial charge in [0.25, 0.3) is 5.69 Å². The first-order valence-corrected chi connectivity index (χ1v) is 6.53. The number of nitrogens with one attached hydrogen (secondary N) is 1. The summed E-state index contributed by atoms with van der Waals surface area (Å²) < 4.78 is 0. The van der Waals surface area contributed by atoms with E-state index in [0.29, 0.717) is 17.9 Å². The smallest absolute Gasteiger partial charge is 0.270 e. The number of benzene rings is 1. The lowest BCUT2D eigenvalue weighted by atomic mass is 10.0. The van der Waals surface area contributed by atoms with Crippen molar-refractivity contribution in [3.63, 3.8) is 0 Å². The van der Waals surface area contributed by atoms with E-state index in [1.165, 1.54) is 18.2 Å². The monoisotopic (exact) mass is 285 g/mol. The molecule has 6 nitrogen and oxygen atoms in total. The van der Waals surface area contributed by atoms with Gasteiger partial charge in [0.05, 0.1) is 10.5 Å². The lowest BCUT2D eigenvalue weighted by molar-refractivity contribution is -0.384. The van der Waals surface area contributed by atoms with Crippen LogP contribution < -0.4 is 5.32 Å². The van der Waals surface area contributed by atoms with Crippen LogP contribution in [0.25, 0.3) is 0 Å². The fourth-order valence-electron chi connectivity index (χ4n) is 1.96. The second-order valence-electron chi connectivity index (χ2n) is 4.52. The lowest BCUT2D eigenvalue weighted by Gasteiger charge is -2.09. The van der Waals surface area contributed by atoms with E-state index in [1.807, 2.05) is 13.8 Å². The summed E-state index contributed by atoms with van der Waals surface area (Å²) >= 11 is 0. The van der Waals surface area contributed by atoms with Crippen molar-refractivity contribution in [1.29, 1.82) is 0 Å². The number of anilines is 1. The van der Waals surface area contributed by atoms with Crippen molar-refractivity contribution >= 4 is 17.3 Å². The lowest BCUT2D eigenvalue weighted by Crippen LogP contribution is -2.10. The van der Waals surface area contributed by atoms with E-state index in [4.69, 9.17) is 0 Å². The maximum Gasteiger partial charge on any atom is 0.270 e. The molecular formula is C15H15N3O3. The van der Waals surface area contributed by atoms with E-state index in [1.54, 1.807) is 18.2 Å². The number of nitrogens with zero attached hydrogens (tertiary/aromatic N) is 2. The van der Waals surface area contributed by atoms with Crippen LogP contribution in [0.2, 0.25) is 0 Å².